The highest BCUT2D eigenvalue weighted by Gasteiger charge is 2.06. The number of benzene rings is 1. The molecule has 1 aromatic heterocycles. The van der Waals surface area contributed by atoms with Gasteiger partial charge in [0, 0.05) is 11.6 Å². The Morgan fingerprint density at radius 1 is 1.33 bits per heavy atom. The van der Waals surface area contributed by atoms with Crippen LogP contribution in [0.2, 0.25) is 0 Å². The maximum absolute atomic E-state index is 10.8. The first-order valence-electron chi connectivity index (χ1n) is 5.96. The molecule has 0 aliphatic carbocycles. The van der Waals surface area contributed by atoms with Crippen molar-refractivity contribution in [2.24, 2.45) is 0 Å². The summed E-state index contributed by atoms with van der Waals surface area (Å²) in [6.07, 6.45) is 3.66. The Labute approximate surface area is 105 Å². The van der Waals surface area contributed by atoms with Crippen LogP contribution in [0.1, 0.15) is 30.3 Å². The highest BCUT2D eigenvalue weighted by molar-refractivity contribution is 5.92. The van der Waals surface area contributed by atoms with Gasteiger partial charge in [-0.25, -0.2) is 9.78 Å². The molecule has 0 bridgehead atoms. The number of carboxylic acids is 1. The van der Waals surface area contributed by atoms with Crippen molar-refractivity contribution >= 4 is 16.7 Å². The average molecular weight is 245 g/mol. The van der Waals surface area contributed by atoms with Crippen molar-refractivity contribution in [1.82, 2.24) is 4.98 Å². The molecule has 94 valence electrons. The fourth-order valence-electron chi connectivity index (χ4n) is 1.66. The monoisotopic (exact) mass is 245 g/mol. The van der Waals surface area contributed by atoms with Crippen molar-refractivity contribution in [2.75, 3.05) is 6.61 Å². The van der Waals surface area contributed by atoms with E-state index in [1.54, 1.807) is 12.3 Å². The second-order valence-corrected chi connectivity index (χ2v) is 4.09. The van der Waals surface area contributed by atoms with Crippen LogP contribution in [0, 0.1) is 0 Å². The fraction of sp³-hybridized carbons (Fsp3) is 0.286. The lowest BCUT2D eigenvalue weighted by Gasteiger charge is -2.06. The van der Waals surface area contributed by atoms with E-state index in [4.69, 9.17) is 9.84 Å². The van der Waals surface area contributed by atoms with E-state index in [0.717, 1.165) is 29.4 Å². The van der Waals surface area contributed by atoms with Crippen LogP contribution >= 0.6 is 0 Å². The van der Waals surface area contributed by atoms with Gasteiger partial charge in [-0.05, 0) is 36.1 Å². The summed E-state index contributed by atoms with van der Waals surface area (Å²) in [5.74, 6) is -0.257. The molecule has 2 rings (SSSR count). The molecule has 0 unspecified atom stereocenters. The molecule has 4 heteroatoms. The van der Waals surface area contributed by atoms with Crippen LogP contribution in [0.5, 0.6) is 5.75 Å². The van der Waals surface area contributed by atoms with E-state index in [9.17, 15) is 4.79 Å². The van der Waals surface area contributed by atoms with Gasteiger partial charge < -0.3 is 9.84 Å². The first-order chi connectivity index (χ1) is 8.70. The summed E-state index contributed by atoms with van der Waals surface area (Å²) in [5.41, 5.74) is 0.0493. The summed E-state index contributed by atoms with van der Waals surface area (Å²) in [6, 6.07) is 7.17. The van der Waals surface area contributed by atoms with E-state index in [2.05, 4.69) is 11.9 Å². The third-order valence-corrected chi connectivity index (χ3v) is 2.68. The minimum atomic E-state index is -1.02. The summed E-state index contributed by atoms with van der Waals surface area (Å²) >= 11 is 0. The first-order valence-corrected chi connectivity index (χ1v) is 5.96. The average Bonchev–Trinajstić information content (AvgIpc) is 2.38. The highest BCUT2D eigenvalue weighted by atomic mass is 16.5. The molecule has 0 radical (unpaired) electrons. The van der Waals surface area contributed by atoms with Crippen LogP contribution in [0.4, 0.5) is 0 Å². The van der Waals surface area contributed by atoms with Gasteiger partial charge in [-0.15, -0.1) is 0 Å². The molecule has 18 heavy (non-hydrogen) atoms. The Morgan fingerprint density at radius 3 is 2.89 bits per heavy atom. The van der Waals surface area contributed by atoms with Gasteiger partial charge in [0.25, 0.3) is 0 Å². The molecule has 1 heterocycles. The summed E-state index contributed by atoms with van der Waals surface area (Å²) in [7, 11) is 0. The molecule has 1 N–H and O–H groups in total. The predicted octanol–water partition coefficient (Wildman–Crippen LogP) is 3.11. The van der Waals surface area contributed by atoms with Gasteiger partial charge in [-0.2, -0.15) is 0 Å². The van der Waals surface area contributed by atoms with Crippen molar-refractivity contribution in [3.63, 3.8) is 0 Å². The van der Waals surface area contributed by atoms with Crippen LogP contribution in [0.15, 0.2) is 30.5 Å². The number of unbranched alkanes of at least 4 members (excludes halogenated alkanes) is 1. The number of aromatic carboxylic acids is 1. The van der Waals surface area contributed by atoms with Gasteiger partial charge in [-0.3, -0.25) is 0 Å². The zero-order chi connectivity index (χ0) is 13.0. The number of aromatic nitrogens is 1. The SMILES string of the molecule is CCCCOc1ccc2cnc(C(=O)O)cc2c1. The standard InChI is InChI=1S/C14H15NO3/c1-2-3-6-18-12-5-4-10-9-15-13(14(16)17)8-11(10)7-12/h4-5,7-9H,2-3,6H2,1H3,(H,16,17). The number of rotatable bonds is 5. The lowest BCUT2D eigenvalue weighted by atomic mass is 10.1. The van der Waals surface area contributed by atoms with E-state index in [-0.39, 0.29) is 5.69 Å². The van der Waals surface area contributed by atoms with Gasteiger partial charge in [0.2, 0.25) is 0 Å². The van der Waals surface area contributed by atoms with Crippen molar-refractivity contribution in [1.29, 1.82) is 0 Å². The maximum atomic E-state index is 10.8. The largest absolute Gasteiger partial charge is 0.494 e. The molecule has 4 nitrogen and oxygen atoms in total. The Balaban J connectivity index is 2.27. The Kier molecular flexibility index (Phi) is 3.77. The molecule has 0 fully saturated rings. The van der Waals surface area contributed by atoms with E-state index < -0.39 is 5.97 Å². The molecular formula is C14H15NO3. The molecule has 0 atom stereocenters. The molecule has 1 aromatic carbocycles. The van der Waals surface area contributed by atoms with Gasteiger partial charge in [0.05, 0.1) is 6.61 Å². The van der Waals surface area contributed by atoms with Crippen molar-refractivity contribution in [3.05, 3.63) is 36.2 Å². The van der Waals surface area contributed by atoms with Crippen LogP contribution in [-0.4, -0.2) is 22.7 Å². The quantitative estimate of drug-likeness (QED) is 0.822. The number of pyridine rings is 1. The van der Waals surface area contributed by atoms with Crippen molar-refractivity contribution < 1.29 is 14.6 Å². The van der Waals surface area contributed by atoms with Crippen LogP contribution in [-0.2, 0) is 0 Å². The van der Waals surface area contributed by atoms with E-state index >= 15 is 0 Å². The van der Waals surface area contributed by atoms with E-state index in [0.29, 0.717) is 6.61 Å². The highest BCUT2D eigenvalue weighted by Crippen LogP contribution is 2.21. The zero-order valence-corrected chi connectivity index (χ0v) is 10.2. The molecule has 0 saturated carbocycles. The van der Waals surface area contributed by atoms with Gasteiger partial charge in [0.1, 0.15) is 11.4 Å². The van der Waals surface area contributed by atoms with Crippen LogP contribution in [0.3, 0.4) is 0 Å². The smallest absolute Gasteiger partial charge is 0.354 e. The van der Waals surface area contributed by atoms with Crippen LogP contribution < -0.4 is 4.74 Å². The molecular weight excluding hydrogens is 230 g/mol. The Morgan fingerprint density at radius 2 is 2.17 bits per heavy atom. The molecule has 0 saturated heterocycles. The third-order valence-electron chi connectivity index (χ3n) is 2.68. The number of nitrogens with zero attached hydrogens (tertiary/aromatic N) is 1. The van der Waals surface area contributed by atoms with Gasteiger partial charge in [0.15, 0.2) is 0 Å². The van der Waals surface area contributed by atoms with E-state index in [1.807, 2.05) is 18.2 Å². The van der Waals surface area contributed by atoms with E-state index in [1.165, 1.54) is 0 Å². The van der Waals surface area contributed by atoms with Gasteiger partial charge in [-0.1, -0.05) is 13.3 Å². The summed E-state index contributed by atoms with van der Waals surface area (Å²) < 4.78 is 5.59. The summed E-state index contributed by atoms with van der Waals surface area (Å²) in [5, 5.41) is 10.6. The number of carbonyl (C=O) groups is 1. The lowest BCUT2D eigenvalue weighted by Crippen LogP contribution is -2.00. The summed E-state index contributed by atoms with van der Waals surface area (Å²) in [4.78, 5) is 14.7. The van der Waals surface area contributed by atoms with Crippen molar-refractivity contribution in [2.45, 2.75) is 19.8 Å². The fourth-order valence-corrected chi connectivity index (χ4v) is 1.66. The maximum Gasteiger partial charge on any atom is 0.354 e. The number of hydrogen-bond donors (Lipinski definition) is 1. The number of ether oxygens (including phenoxy) is 1. The van der Waals surface area contributed by atoms with Crippen molar-refractivity contribution in [3.8, 4) is 5.75 Å². The van der Waals surface area contributed by atoms with Crippen LogP contribution in [0.25, 0.3) is 10.8 Å². The second-order valence-electron chi connectivity index (χ2n) is 4.09. The molecule has 2 aromatic rings. The molecule has 0 aliphatic heterocycles. The Hall–Kier alpha value is -2.10. The molecule has 0 amide bonds. The number of hydrogen-bond acceptors (Lipinski definition) is 3. The lowest BCUT2D eigenvalue weighted by molar-refractivity contribution is 0.0690. The number of carboxylic acid groups (broad SMARTS) is 1. The first kappa shape index (κ1) is 12.4. The minimum Gasteiger partial charge on any atom is -0.494 e. The normalized spacial score (nSPS) is 10.5. The minimum absolute atomic E-state index is 0.0493. The molecule has 0 spiro atoms. The Bertz CT molecular complexity index is 566. The summed E-state index contributed by atoms with van der Waals surface area (Å²) in [6.45, 7) is 2.79. The molecule has 0 aliphatic rings. The van der Waals surface area contributed by atoms with Gasteiger partial charge >= 0.3 is 5.97 Å². The second kappa shape index (κ2) is 5.49. The zero-order valence-electron chi connectivity index (χ0n) is 10.2. The third kappa shape index (κ3) is 2.77. The number of fused-ring (bicyclic) bond motifs is 1. The topological polar surface area (TPSA) is 59.4 Å². The predicted molar refractivity (Wildman–Crippen MR) is 69.1 cm³/mol.